The highest BCUT2D eigenvalue weighted by atomic mass is 19.1. The van der Waals surface area contributed by atoms with Gasteiger partial charge in [-0.05, 0) is 30.3 Å². The van der Waals surface area contributed by atoms with E-state index in [0.29, 0.717) is 12.1 Å². The first-order chi connectivity index (χ1) is 9.67. The first-order valence-corrected chi connectivity index (χ1v) is 6.33. The van der Waals surface area contributed by atoms with Gasteiger partial charge in [0.25, 0.3) is 0 Å². The molecular formula is C15H16F2N2O. The van der Waals surface area contributed by atoms with Crippen molar-refractivity contribution in [2.45, 2.75) is 13.0 Å². The number of rotatable bonds is 5. The lowest BCUT2D eigenvalue weighted by atomic mass is 9.99. The van der Waals surface area contributed by atoms with Gasteiger partial charge < -0.3 is 10.1 Å². The Hall–Kier alpha value is -2.01. The largest absolute Gasteiger partial charge is 0.494 e. The van der Waals surface area contributed by atoms with Crippen molar-refractivity contribution in [1.29, 1.82) is 0 Å². The fraction of sp³-hybridized carbons (Fsp3) is 0.267. The third-order valence-corrected chi connectivity index (χ3v) is 3.03. The molecule has 5 heteroatoms. The van der Waals surface area contributed by atoms with Crippen LogP contribution in [0.4, 0.5) is 8.78 Å². The van der Waals surface area contributed by atoms with Crippen LogP contribution < -0.4 is 10.1 Å². The SMILES string of the molecule is CCNC(c1ccc(F)c(OC)c1)c1ccncc1F. The number of hydrogen-bond acceptors (Lipinski definition) is 3. The lowest BCUT2D eigenvalue weighted by Crippen LogP contribution is -2.23. The summed E-state index contributed by atoms with van der Waals surface area (Å²) in [4.78, 5) is 3.74. The van der Waals surface area contributed by atoms with Gasteiger partial charge in [-0.3, -0.25) is 4.98 Å². The number of ether oxygens (including phenoxy) is 1. The van der Waals surface area contributed by atoms with Crippen LogP contribution in [0.15, 0.2) is 36.7 Å². The summed E-state index contributed by atoms with van der Waals surface area (Å²) in [5, 5.41) is 3.18. The van der Waals surface area contributed by atoms with E-state index in [-0.39, 0.29) is 11.8 Å². The number of benzene rings is 1. The number of aromatic nitrogens is 1. The van der Waals surface area contributed by atoms with Crippen LogP contribution in [0.2, 0.25) is 0 Å². The second-order valence-electron chi connectivity index (χ2n) is 4.28. The van der Waals surface area contributed by atoms with Crippen molar-refractivity contribution in [3.05, 3.63) is 59.4 Å². The number of hydrogen-bond donors (Lipinski definition) is 1. The average molecular weight is 278 g/mol. The first-order valence-electron chi connectivity index (χ1n) is 6.33. The average Bonchev–Trinajstić information content (AvgIpc) is 2.46. The van der Waals surface area contributed by atoms with E-state index in [2.05, 4.69) is 10.3 Å². The molecule has 1 aromatic heterocycles. The minimum Gasteiger partial charge on any atom is -0.494 e. The minimum atomic E-state index is -0.443. The zero-order valence-corrected chi connectivity index (χ0v) is 11.4. The maximum Gasteiger partial charge on any atom is 0.165 e. The molecule has 0 aliphatic rings. The number of nitrogens with zero attached hydrogens (tertiary/aromatic N) is 1. The van der Waals surface area contributed by atoms with Crippen molar-refractivity contribution in [2.75, 3.05) is 13.7 Å². The van der Waals surface area contributed by atoms with Crippen LogP contribution >= 0.6 is 0 Å². The molecule has 2 aromatic rings. The molecule has 20 heavy (non-hydrogen) atoms. The summed E-state index contributed by atoms with van der Waals surface area (Å²) >= 11 is 0. The molecule has 3 nitrogen and oxygen atoms in total. The number of nitrogens with one attached hydrogen (secondary N) is 1. The Kier molecular flexibility index (Phi) is 4.63. The van der Waals surface area contributed by atoms with Crippen molar-refractivity contribution >= 4 is 0 Å². The van der Waals surface area contributed by atoms with E-state index in [1.807, 2.05) is 6.92 Å². The Labute approximate surface area is 116 Å². The Balaban J connectivity index is 2.46. The Morgan fingerprint density at radius 1 is 1.25 bits per heavy atom. The summed E-state index contributed by atoms with van der Waals surface area (Å²) in [6.45, 7) is 2.57. The second kappa shape index (κ2) is 6.43. The molecule has 1 aromatic carbocycles. The van der Waals surface area contributed by atoms with E-state index in [9.17, 15) is 8.78 Å². The maximum atomic E-state index is 13.9. The van der Waals surface area contributed by atoms with E-state index in [4.69, 9.17) is 4.74 Å². The van der Waals surface area contributed by atoms with Gasteiger partial charge >= 0.3 is 0 Å². The maximum absolute atomic E-state index is 13.9. The van der Waals surface area contributed by atoms with Gasteiger partial charge in [-0.2, -0.15) is 0 Å². The van der Waals surface area contributed by atoms with Crippen molar-refractivity contribution < 1.29 is 13.5 Å². The highest BCUT2D eigenvalue weighted by Gasteiger charge is 2.18. The summed E-state index contributed by atoms with van der Waals surface area (Å²) in [5.74, 6) is -0.705. The molecule has 1 N–H and O–H groups in total. The van der Waals surface area contributed by atoms with Crippen LogP contribution in [0.3, 0.4) is 0 Å². The molecule has 0 aliphatic heterocycles. The molecule has 0 saturated carbocycles. The Bertz CT molecular complexity index is 590. The summed E-state index contributed by atoms with van der Waals surface area (Å²) < 4.78 is 32.3. The van der Waals surface area contributed by atoms with Crippen molar-refractivity contribution in [1.82, 2.24) is 10.3 Å². The lowest BCUT2D eigenvalue weighted by Gasteiger charge is -2.20. The monoisotopic (exact) mass is 278 g/mol. The number of pyridine rings is 1. The van der Waals surface area contributed by atoms with Crippen LogP contribution in [0.1, 0.15) is 24.1 Å². The molecule has 0 saturated heterocycles. The van der Waals surface area contributed by atoms with Gasteiger partial charge in [-0.1, -0.05) is 13.0 Å². The summed E-state index contributed by atoms with van der Waals surface area (Å²) in [7, 11) is 1.40. The fourth-order valence-electron chi connectivity index (χ4n) is 2.09. The first kappa shape index (κ1) is 14.4. The van der Waals surface area contributed by atoms with Crippen LogP contribution in [0.25, 0.3) is 0 Å². The normalized spacial score (nSPS) is 12.2. The van der Waals surface area contributed by atoms with E-state index in [1.54, 1.807) is 18.2 Å². The summed E-state index contributed by atoms with van der Waals surface area (Å²) in [6, 6.07) is 5.74. The highest BCUT2D eigenvalue weighted by Crippen LogP contribution is 2.28. The van der Waals surface area contributed by atoms with Crippen LogP contribution in [0, 0.1) is 11.6 Å². The Morgan fingerprint density at radius 2 is 2.05 bits per heavy atom. The van der Waals surface area contributed by atoms with Crippen LogP contribution in [-0.4, -0.2) is 18.6 Å². The third kappa shape index (κ3) is 2.93. The zero-order chi connectivity index (χ0) is 14.5. The van der Waals surface area contributed by atoms with E-state index < -0.39 is 11.6 Å². The zero-order valence-electron chi connectivity index (χ0n) is 11.4. The lowest BCUT2D eigenvalue weighted by molar-refractivity contribution is 0.385. The van der Waals surface area contributed by atoms with Gasteiger partial charge in [0.2, 0.25) is 0 Å². The molecule has 1 heterocycles. The minimum absolute atomic E-state index is 0.139. The summed E-state index contributed by atoms with van der Waals surface area (Å²) in [6.07, 6.45) is 2.70. The van der Waals surface area contributed by atoms with E-state index in [0.717, 1.165) is 5.56 Å². The van der Waals surface area contributed by atoms with Gasteiger partial charge in [0.05, 0.1) is 19.3 Å². The summed E-state index contributed by atoms with van der Waals surface area (Å²) in [5.41, 5.74) is 1.20. The topological polar surface area (TPSA) is 34.1 Å². The molecule has 106 valence electrons. The molecule has 1 unspecified atom stereocenters. The smallest absolute Gasteiger partial charge is 0.165 e. The predicted molar refractivity (Wildman–Crippen MR) is 72.7 cm³/mol. The van der Waals surface area contributed by atoms with Crippen molar-refractivity contribution in [2.24, 2.45) is 0 Å². The van der Waals surface area contributed by atoms with Crippen molar-refractivity contribution in [3.8, 4) is 5.75 Å². The number of halogens is 2. The van der Waals surface area contributed by atoms with Gasteiger partial charge in [0.15, 0.2) is 11.6 Å². The molecule has 0 aliphatic carbocycles. The van der Waals surface area contributed by atoms with Gasteiger partial charge in [0.1, 0.15) is 5.82 Å². The van der Waals surface area contributed by atoms with E-state index >= 15 is 0 Å². The quantitative estimate of drug-likeness (QED) is 0.912. The van der Waals surface area contributed by atoms with Gasteiger partial charge in [-0.15, -0.1) is 0 Å². The van der Waals surface area contributed by atoms with Crippen LogP contribution in [0.5, 0.6) is 5.75 Å². The molecule has 2 rings (SSSR count). The van der Waals surface area contributed by atoms with Gasteiger partial charge in [0, 0.05) is 11.8 Å². The second-order valence-corrected chi connectivity index (χ2v) is 4.28. The van der Waals surface area contributed by atoms with Gasteiger partial charge in [-0.25, -0.2) is 8.78 Å². The molecular weight excluding hydrogens is 262 g/mol. The third-order valence-electron chi connectivity index (χ3n) is 3.03. The highest BCUT2D eigenvalue weighted by molar-refractivity contribution is 5.37. The molecule has 0 spiro atoms. The molecule has 1 atom stereocenters. The molecule has 0 fully saturated rings. The predicted octanol–water partition coefficient (Wildman–Crippen LogP) is 3.07. The van der Waals surface area contributed by atoms with E-state index in [1.165, 1.54) is 25.6 Å². The van der Waals surface area contributed by atoms with Crippen molar-refractivity contribution in [3.63, 3.8) is 0 Å². The fourth-order valence-corrected chi connectivity index (χ4v) is 2.09. The standard InChI is InChI=1S/C15H16F2N2O/c1-3-19-15(11-6-7-18-9-13(11)17)10-4-5-12(16)14(8-10)20-2/h4-9,15,19H,3H2,1-2H3. The number of methoxy groups -OCH3 is 1. The van der Waals surface area contributed by atoms with Crippen LogP contribution in [-0.2, 0) is 0 Å². The molecule has 0 amide bonds. The molecule has 0 radical (unpaired) electrons. The molecule has 0 bridgehead atoms. The Morgan fingerprint density at radius 3 is 2.70 bits per heavy atom.